The van der Waals surface area contributed by atoms with Crippen LogP contribution < -0.4 is 5.32 Å². The van der Waals surface area contributed by atoms with Gasteiger partial charge in [-0.2, -0.15) is 0 Å². The summed E-state index contributed by atoms with van der Waals surface area (Å²) in [6.45, 7) is 0. The summed E-state index contributed by atoms with van der Waals surface area (Å²) in [5.74, 6) is 0.164. The van der Waals surface area contributed by atoms with Crippen molar-refractivity contribution in [3.05, 3.63) is 50.1 Å². The number of rotatable bonds is 3. The molecule has 0 saturated carbocycles. The highest BCUT2D eigenvalue weighted by Gasteiger charge is 2.16. The maximum Gasteiger partial charge on any atom is 0.322 e. The van der Waals surface area contributed by atoms with Crippen LogP contribution in [0.4, 0.5) is 6.01 Å². The first-order chi connectivity index (χ1) is 11.7. The van der Waals surface area contributed by atoms with Gasteiger partial charge >= 0.3 is 6.01 Å². The van der Waals surface area contributed by atoms with Gasteiger partial charge in [-0.1, -0.05) is 11.2 Å². The van der Waals surface area contributed by atoms with Gasteiger partial charge in [0, 0.05) is 5.56 Å². The molecule has 122 valence electrons. The van der Waals surface area contributed by atoms with Crippen molar-refractivity contribution in [1.82, 2.24) is 10.2 Å². The number of fused-ring (bicyclic) bond motifs is 1. The highest BCUT2D eigenvalue weighted by molar-refractivity contribution is 9.11. The third-order valence-corrected chi connectivity index (χ3v) is 5.66. The minimum Gasteiger partial charge on any atom is -0.403 e. The molecule has 0 radical (unpaired) electrons. The van der Waals surface area contributed by atoms with Gasteiger partial charge in [0.25, 0.3) is 5.91 Å². The lowest BCUT2D eigenvalue weighted by molar-refractivity contribution is 0.102. The smallest absolute Gasteiger partial charge is 0.322 e. The Morgan fingerprint density at radius 2 is 1.96 bits per heavy atom. The number of halogens is 1. The number of carbonyl (C=O) groups is 1. The van der Waals surface area contributed by atoms with Gasteiger partial charge in [0.05, 0.1) is 8.66 Å². The summed E-state index contributed by atoms with van der Waals surface area (Å²) in [6.07, 6.45) is 4.70. The van der Waals surface area contributed by atoms with Crippen molar-refractivity contribution in [1.29, 1.82) is 0 Å². The largest absolute Gasteiger partial charge is 0.403 e. The third-order valence-electron chi connectivity index (χ3n) is 4.04. The number of thiophene rings is 1. The van der Waals surface area contributed by atoms with Crippen LogP contribution in [0.3, 0.4) is 0 Å². The number of amides is 1. The van der Waals surface area contributed by atoms with Crippen molar-refractivity contribution in [3.63, 3.8) is 0 Å². The van der Waals surface area contributed by atoms with Gasteiger partial charge in [0.1, 0.15) is 0 Å². The van der Waals surface area contributed by atoms with Crippen LogP contribution in [0.5, 0.6) is 0 Å². The van der Waals surface area contributed by atoms with Crippen molar-refractivity contribution in [2.75, 3.05) is 5.32 Å². The topological polar surface area (TPSA) is 68.0 Å². The normalized spacial score (nSPS) is 13.5. The number of nitrogens with zero attached hydrogens (tertiary/aromatic N) is 2. The zero-order valence-electron chi connectivity index (χ0n) is 12.7. The third kappa shape index (κ3) is 3.14. The first-order valence-corrected chi connectivity index (χ1v) is 9.32. The van der Waals surface area contributed by atoms with Gasteiger partial charge in [-0.05, 0) is 77.0 Å². The first-order valence-electron chi connectivity index (χ1n) is 7.71. The predicted molar refractivity (Wildman–Crippen MR) is 96.3 cm³/mol. The van der Waals surface area contributed by atoms with Gasteiger partial charge in [0.15, 0.2) is 0 Å². The molecule has 1 N–H and O–H groups in total. The Labute approximate surface area is 151 Å². The van der Waals surface area contributed by atoms with Crippen molar-refractivity contribution in [2.45, 2.75) is 25.7 Å². The molecule has 0 fully saturated rings. The Bertz CT molecular complexity index is 903. The van der Waals surface area contributed by atoms with Crippen LogP contribution in [0.25, 0.3) is 11.5 Å². The molecule has 1 aromatic carbocycles. The molecule has 24 heavy (non-hydrogen) atoms. The zero-order valence-corrected chi connectivity index (χ0v) is 15.1. The lowest BCUT2D eigenvalue weighted by atomic mass is 9.90. The van der Waals surface area contributed by atoms with E-state index in [1.807, 2.05) is 12.1 Å². The van der Waals surface area contributed by atoms with Crippen LogP contribution >= 0.6 is 27.3 Å². The van der Waals surface area contributed by atoms with Crippen LogP contribution in [0.2, 0.25) is 0 Å². The highest BCUT2D eigenvalue weighted by Crippen LogP contribution is 2.28. The van der Waals surface area contributed by atoms with E-state index in [2.05, 4.69) is 43.6 Å². The molecular formula is C17H14BrN3O2S. The molecule has 1 amide bonds. The van der Waals surface area contributed by atoms with Crippen LogP contribution in [-0.4, -0.2) is 16.1 Å². The molecule has 1 aliphatic carbocycles. The Kier molecular flexibility index (Phi) is 4.20. The lowest BCUT2D eigenvalue weighted by Gasteiger charge is -2.15. The van der Waals surface area contributed by atoms with Crippen LogP contribution in [0.15, 0.2) is 38.5 Å². The lowest BCUT2D eigenvalue weighted by Crippen LogP contribution is -2.10. The molecule has 0 unspecified atom stereocenters. The fourth-order valence-electron chi connectivity index (χ4n) is 2.85. The van der Waals surface area contributed by atoms with E-state index in [-0.39, 0.29) is 11.9 Å². The second-order valence-electron chi connectivity index (χ2n) is 5.66. The maximum absolute atomic E-state index is 12.1. The molecule has 1 aliphatic rings. The molecule has 0 saturated heterocycles. The summed E-state index contributed by atoms with van der Waals surface area (Å²) in [4.78, 5) is 12.7. The van der Waals surface area contributed by atoms with E-state index in [1.165, 1.54) is 35.3 Å². The highest BCUT2D eigenvalue weighted by atomic mass is 79.9. The minimum atomic E-state index is -0.258. The number of nitrogens with one attached hydrogen (secondary N) is 1. The predicted octanol–water partition coefficient (Wildman–Crippen LogP) is 4.69. The number of aromatic nitrogens is 2. The summed E-state index contributed by atoms with van der Waals surface area (Å²) in [6, 6.07) is 9.92. The Hall–Kier alpha value is -1.99. The number of hydrogen-bond donors (Lipinski definition) is 1. The summed E-state index contributed by atoms with van der Waals surface area (Å²) < 4.78 is 6.49. The maximum atomic E-state index is 12.1. The Morgan fingerprint density at radius 1 is 1.12 bits per heavy atom. The number of benzene rings is 1. The Morgan fingerprint density at radius 3 is 2.75 bits per heavy atom. The van der Waals surface area contributed by atoms with Crippen LogP contribution in [0, 0.1) is 0 Å². The van der Waals surface area contributed by atoms with E-state index >= 15 is 0 Å². The molecule has 0 atom stereocenters. The van der Waals surface area contributed by atoms with E-state index in [0.717, 1.165) is 22.2 Å². The van der Waals surface area contributed by atoms with Crippen LogP contribution in [0.1, 0.15) is 33.6 Å². The van der Waals surface area contributed by atoms with Gasteiger partial charge in [-0.15, -0.1) is 16.4 Å². The summed E-state index contributed by atoms with van der Waals surface area (Å²) in [7, 11) is 0. The van der Waals surface area contributed by atoms with E-state index in [9.17, 15) is 4.79 Å². The average molecular weight is 404 g/mol. The monoisotopic (exact) mass is 403 g/mol. The molecule has 0 aliphatic heterocycles. The second-order valence-corrected chi connectivity index (χ2v) is 8.12. The number of anilines is 1. The van der Waals surface area contributed by atoms with Gasteiger partial charge in [-0.3, -0.25) is 10.1 Å². The summed E-state index contributed by atoms with van der Waals surface area (Å²) in [5.41, 5.74) is 3.65. The molecule has 2 heterocycles. The number of carbonyl (C=O) groups excluding carboxylic acids is 1. The standard InChI is InChI=1S/C17H14BrN3O2S/c18-14-8-7-13(24-14)15(22)19-17-21-20-16(23-17)12-6-5-10-3-1-2-4-11(10)9-12/h5-9H,1-4H2,(H,19,21,22). The fourth-order valence-corrected chi connectivity index (χ4v) is 4.13. The molecular weight excluding hydrogens is 390 g/mol. The van der Waals surface area contributed by atoms with E-state index < -0.39 is 0 Å². The Balaban J connectivity index is 1.53. The van der Waals surface area contributed by atoms with E-state index in [4.69, 9.17) is 4.42 Å². The molecule has 0 bridgehead atoms. The number of aryl methyl sites for hydroxylation is 2. The summed E-state index contributed by atoms with van der Waals surface area (Å²) >= 11 is 4.69. The molecule has 0 spiro atoms. The zero-order chi connectivity index (χ0) is 16.5. The molecule has 5 nitrogen and oxygen atoms in total. The van der Waals surface area contributed by atoms with E-state index in [0.29, 0.717) is 10.8 Å². The SMILES string of the molecule is O=C(Nc1nnc(-c2ccc3c(c2)CCCC3)o1)c1ccc(Br)s1. The van der Waals surface area contributed by atoms with Crippen LogP contribution in [-0.2, 0) is 12.8 Å². The quantitative estimate of drug-likeness (QED) is 0.688. The van der Waals surface area contributed by atoms with Crippen molar-refractivity contribution in [3.8, 4) is 11.5 Å². The van der Waals surface area contributed by atoms with Crippen molar-refractivity contribution < 1.29 is 9.21 Å². The summed E-state index contributed by atoms with van der Waals surface area (Å²) in [5, 5.41) is 10.6. The molecule has 7 heteroatoms. The van der Waals surface area contributed by atoms with Gasteiger partial charge in [-0.25, -0.2) is 0 Å². The molecule has 3 aromatic rings. The minimum absolute atomic E-state index is 0.109. The van der Waals surface area contributed by atoms with Gasteiger partial charge < -0.3 is 4.42 Å². The average Bonchev–Trinajstić information content (AvgIpc) is 3.23. The van der Waals surface area contributed by atoms with Gasteiger partial charge in [0.2, 0.25) is 5.89 Å². The first kappa shape index (κ1) is 15.5. The molecule has 2 aromatic heterocycles. The van der Waals surface area contributed by atoms with Crippen molar-refractivity contribution >= 4 is 39.2 Å². The fraction of sp³-hybridized carbons (Fsp3) is 0.235. The molecule has 4 rings (SSSR count). The van der Waals surface area contributed by atoms with Crippen molar-refractivity contribution in [2.24, 2.45) is 0 Å². The van der Waals surface area contributed by atoms with E-state index in [1.54, 1.807) is 6.07 Å². The number of hydrogen-bond acceptors (Lipinski definition) is 5. The second kappa shape index (κ2) is 6.49.